The minimum Gasteiger partial charge on any atom is -0.493 e. The Hall–Kier alpha value is -4.02. The fourth-order valence-electron chi connectivity index (χ4n) is 3.13. The molecule has 0 aliphatic rings. The summed E-state index contributed by atoms with van der Waals surface area (Å²) < 4.78 is 14.6. The highest BCUT2D eigenvalue weighted by atomic mass is 19.1. The number of amides is 1. The van der Waals surface area contributed by atoms with Crippen molar-refractivity contribution in [2.75, 3.05) is 0 Å². The molecule has 2 heterocycles. The lowest BCUT2D eigenvalue weighted by atomic mass is 10.0. The average Bonchev–Trinajstić information content (AvgIpc) is 3.08. The molecular weight excluding hydrogens is 411 g/mol. The SMILES string of the molecule is Cc1nc(O)c2c(Cc3ccc(C(=O)N[C@@H](CCC(=O)O)C(=O)O)cc3F)c[nH]c2n1. The van der Waals surface area contributed by atoms with Crippen molar-refractivity contribution in [1.82, 2.24) is 20.3 Å². The molecule has 31 heavy (non-hydrogen) atoms. The standard InChI is InChI=1S/C20H19FN4O6/c1-9-23-17-16(19(29)24-9)12(8-22-17)6-10-2-3-11(7-13(10)21)18(28)25-14(20(30)31)4-5-15(26)27/h2-3,7-8,14H,4-6H2,1H3,(H,25,28)(H,26,27)(H,30,31)(H2,22,23,24,29)/t14-/m0/s1. The lowest BCUT2D eigenvalue weighted by Crippen LogP contribution is -2.41. The van der Waals surface area contributed by atoms with Gasteiger partial charge >= 0.3 is 11.9 Å². The van der Waals surface area contributed by atoms with Crippen LogP contribution in [0, 0.1) is 12.7 Å². The maximum atomic E-state index is 14.6. The number of aromatic hydroxyl groups is 1. The van der Waals surface area contributed by atoms with Crippen LogP contribution in [0.15, 0.2) is 24.4 Å². The number of H-pyrrole nitrogens is 1. The van der Waals surface area contributed by atoms with Crippen LogP contribution in [0.2, 0.25) is 0 Å². The highest BCUT2D eigenvalue weighted by Crippen LogP contribution is 2.27. The second kappa shape index (κ2) is 8.78. The topological polar surface area (TPSA) is 166 Å². The Morgan fingerprint density at radius 2 is 1.94 bits per heavy atom. The second-order valence-corrected chi connectivity index (χ2v) is 6.91. The van der Waals surface area contributed by atoms with E-state index in [4.69, 9.17) is 10.2 Å². The third kappa shape index (κ3) is 4.94. The molecule has 10 nitrogen and oxygen atoms in total. The first-order valence-electron chi connectivity index (χ1n) is 9.23. The number of hydrogen-bond acceptors (Lipinski definition) is 6. The monoisotopic (exact) mass is 430 g/mol. The molecule has 5 N–H and O–H groups in total. The molecule has 3 rings (SSSR count). The van der Waals surface area contributed by atoms with Crippen LogP contribution in [0.5, 0.6) is 5.88 Å². The quantitative estimate of drug-likeness (QED) is 0.360. The van der Waals surface area contributed by atoms with Crippen molar-refractivity contribution >= 4 is 28.9 Å². The predicted molar refractivity (Wildman–Crippen MR) is 105 cm³/mol. The molecule has 0 saturated carbocycles. The van der Waals surface area contributed by atoms with E-state index in [-0.39, 0.29) is 29.8 Å². The Labute approximate surface area is 174 Å². The fourth-order valence-corrected chi connectivity index (χ4v) is 3.13. The maximum absolute atomic E-state index is 14.6. The maximum Gasteiger partial charge on any atom is 0.326 e. The van der Waals surface area contributed by atoms with Crippen molar-refractivity contribution in [3.8, 4) is 5.88 Å². The lowest BCUT2D eigenvalue weighted by Gasteiger charge is -2.14. The van der Waals surface area contributed by atoms with Crippen LogP contribution < -0.4 is 5.32 Å². The van der Waals surface area contributed by atoms with Gasteiger partial charge in [0.2, 0.25) is 5.88 Å². The Balaban J connectivity index is 1.78. The number of carboxylic acid groups (broad SMARTS) is 2. The van der Waals surface area contributed by atoms with E-state index < -0.39 is 36.1 Å². The molecule has 1 amide bonds. The zero-order valence-electron chi connectivity index (χ0n) is 16.3. The van der Waals surface area contributed by atoms with Gasteiger partial charge < -0.3 is 25.6 Å². The number of carbonyl (C=O) groups excluding carboxylic acids is 1. The Morgan fingerprint density at radius 3 is 2.58 bits per heavy atom. The average molecular weight is 430 g/mol. The summed E-state index contributed by atoms with van der Waals surface area (Å²) in [4.78, 5) is 45.1. The first-order chi connectivity index (χ1) is 14.7. The summed E-state index contributed by atoms with van der Waals surface area (Å²) in [6, 6.07) is 2.27. The lowest BCUT2D eigenvalue weighted by molar-refractivity contribution is -0.140. The summed E-state index contributed by atoms with van der Waals surface area (Å²) in [7, 11) is 0. The Kier molecular flexibility index (Phi) is 6.14. The number of nitrogens with one attached hydrogen (secondary N) is 2. The van der Waals surface area contributed by atoms with Crippen molar-refractivity contribution in [2.45, 2.75) is 32.2 Å². The van der Waals surface area contributed by atoms with E-state index in [0.29, 0.717) is 22.4 Å². The van der Waals surface area contributed by atoms with E-state index in [1.807, 2.05) is 0 Å². The molecule has 11 heteroatoms. The zero-order chi connectivity index (χ0) is 22.7. The number of aromatic amines is 1. The van der Waals surface area contributed by atoms with Gasteiger partial charge in [0, 0.05) is 24.6 Å². The molecule has 0 aliphatic carbocycles. The number of aryl methyl sites for hydroxylation is 1. The molecule has 2 aromatic heterocycles. The number of fused-ring (bicyclic) bond motifs is 1. The number of aliphatic carboxylic acids is 2. The van der Waals surface area contributed by atoms with Gasteiger partial charge in [0.15, 0.2) is 0 Å². The summed E-state index contributed by atoms with van der Waals surface area (Å²) in [6.07, 6.45) is 0.927. The van der Waals surface area contributed by atoms with Crippen molar-refractivity contribution in [1.29, 1.82) is 0 Å². The van der Waals surface area contributed by atoms with Crippen LogP contribution in [0.4, 0.5) is 4.39 Å². The van der Waals surface area contributed by atoms with Gasteiger partial charge in [-0.3, -0.25) is 9.59 Å². The summed E-state index contributed by atoms with van der Waals surface area (Å²) >= 11 is 0. The molecule has 0 saturated heterocycles. The third-order valence-corrected chi connectivity index (χ3v) is 4.65. The van der Waals surface area contributed by atoms with Gasteiger partial charge in [-0.05, 0) is 36.6 Å². The van der Waals surface area contributed by atoms with Crippen molar-refractivity contribution in [3.05, 3.63) is 52.7 Å². The molecule has 0 aliphatic heterocycles. The summed E-state index contributed by atoms with van der Waals surface area (Å²) in [5, 5.41) is 30.5. The molecule has 0 radical (unpaired) electrons. The smallest absolute Gasteiger partial charge is 0.326 e. The number of hydrogen-bond donors (Lipinski definition) is 5. The minimum absolute atomic E-state index is 0.0874. The first kappa shape index (κ1) is 21.7. The Morgan fingerprint density at radius 1 is 1.19 bits per heavy atom. The van der Waals surface area contributed by atoms with Crippen molar-refractivity contribution in [3.63, 3.8) is 0 Å². The normalized spacial score (nSPS) is 11.9. The zero-order valence-corrected chi connectivity index (χ0v) is 16.3. The molecule has 3 aromatic rings. The van der Waals surface area contributed by atoms with E-state index in [1.54, 1.807) is 13.1 Å². The van der Waals surface area contributed by atoms with Crippen molar-refractivity contribution in [2.24, 2.45) is 0 Å². The number of halogens is 1. The molecule has 0 spiro atoms. The first-order valence-corrected chi connectivity index (χ1v) is 9.23. The number of aromatic nitrogens is 3. The highest BCUT2D eigenvalue weighted by Gasteiger charge is 2.22. The van der Waals surface area contributed by atoms with E-state index in [0.717, 1.165) is 6.07 Å². The molecule has 0 bridgehead atoms. The third-order valence-electron chi connectivity index (χ3n) is 4.65. The van der Waals surface area contributed by atoms with Crippen molar-refractivity contribution < 1.29 is 34.1 Å². The molecule has 0 unspecified atom stereocenters. The molecule has 0 fully saturated rings. The number of carbonyl (C=O) groups is 3. The summed E-state index contributed by atoms with van der Waals surface area (Å²) in [6.45, 7) is 1.62. The molecule has 1 atom stereocenters. The predicted octanol–water partition coefficient (Wildman–Crippen LogP) is 1.75. The number of carboxylic acids is 2. The van der Waals surface area contributed by atoms with E-state index in [9.17, 15) is 23.9 Å². The van der Waals surface area contributed by atoms with Gasteiger partial charge in [0.25, 0.3) is 5.91 Å². The van der Waals surface area contributed by atoms with Crippen LogP contribution >= 0.6 is 0 Å². The van der Waals surface area contributed by atoms with Gasteiger partial charge in [-0.15, -0.1) is 0 Å². The minimum atomic E-state index is -1.41. The highest BCUT2D eigenvalue weighted by molar-refractivity contribution is 5.96. The van der Waals surface area contributed by atoms with Gasteiger partial charge in [-0.1, -0.05) is 6.07 Å². The van der Waals surface area contributed by atoms with Crippen LogP contribution in [-0.2, 0) is 16.0 Å². The largest absolute Gasteiger partial charge is 0.493 e. The fraction of sp³-hybridized carbons (Fsp3) is 0.250. The number of benzene rings is 1. The second-order valence-electron chi connectivity index (χ2n) is 6.91. The molecule has 162 valence electrons. The van der Waals surface area contributed by atoms with E-state index in [1.165, 1.54) is 12.1 Å². The van der Waals surface area contributed by atoms with Gasteiger partial charge in [-0.25, -0.2) is 14.2 Å². The van der Waals surface area contributed by atoms with Crippen LogP contribution in [-0.4, -0.2) is 54.2 Å². The Bertz CT molecular complexity index is 1180. The summed E-state index contributed by atoms with van der Waals surface area (Å²) in [5.41, 5.74) is 1.10. The summed E-state index contributed by atoms with van der Waals surface area (Å²) in [5.74, 6) is -3.97. The van der Waals surface area contributed by atoms with E-state index in [2.05, 4.69) is 20.3 Å². The van der Waals surface area contributed by atoms with Gasteiger partial charge in [0.05, 0.1) is 5.39 Å². The van der Waals surface area contributed by atoms with E-state index >= 15 is 0 Å². The molecule has 1 aromatic carbocycles. The van der Waals surface area contributed by atoms with Crippen LogP contribution in [0.1, 0.15) is 40.2 Å². The molecular formula is C20H19FN4O6. The van der Waals surface area contributed by atoms with Crippen LogP contribution in [0.25, 0.3) is 11.0 Å². The van der Waals surface area contributed by atoms with Gasteiger partial charge in [0.1, 0.15) is 23.3 Å². The van der Waals surface area contributed by atoms with Gasteiger partial charge in [-0.2, -0.15) is 4.98 Å². The van der Waals surface area contributed by atoms with Crippen LogP contribution in [0.3, 0.4) is 0 Å². The number of nitrogens with zero attached hydrogens (tertiary/aromatic N) is 2. The number of rotatable bonds is 8.